The first kappa shape index (κ1) is 20.2. The molecule has 0 saturated carbocycles. The van der Waals surface area contributed by atoms with Crippen LogP contribution in [0.1, 0.15) is 28.1 Å². The van der Waals surface area contributed by atoms with Gasteiger partial charge in [0.25, 0.3) is 5.91 Å². The van der Waals surface area contributed by atoms with Gasteiger partial charge < -0.3 is 10.2 Å². The number of pyridine rings is 1. The zero-order chi connectivity index (χ0) is 21.1. The highest BCUT2D eigenvalue weighted by Crippen LogP contribution is 2.30. The SMILES string of the molecule is Cc1ccc(NC(=O)C2CCCN(C(=O)c3ccc(-c4ccc(F)cc4)s3)C2)nc1. The zero-order valence-corrected chi connectivity index (χ0v) is 17.4. The second kappa shape index (κ2) is 8.75. The van der Waals surface area contributed by atoms with Crippen LogP contribution >= 0.6 is 11.3 Å². The average Bonchev–Trinajstić information content (AvgIpc) is 3.25. The minimum atomic E-state index is -0.287. The van der Waals surface area contributed by atoms with E-state index in [0.29, 0.717) is 23.8 Å². The number of anilines is 1. The Kier molecular flexibility index (Phi) is 5.90. The third-order valence-corrected chi connectivity index (χ3v) is 6.31. The lowest BCUT2D eigenvalue weighted by atomic mass is 9.97. The summed E-state index contributed by atoms with van der Waals surface area (Å²) < 4.78 is 13.1. The fourth-order valence-electron chi connectivity index (χ4n) is 3.52. The monoisotopic (exact) mass is 423 g/mol. The molecule has 7 heteroatoms. The second-order valence-corrected chi connectivity index (χ2v) is 8.55. The number of carbonyl (C=O) groups excluding carboxylic acids is 2. The van der Waals surface area contributed by atoms with Gasteiger partial charge in [0.1, 0.15) is 11.6 Å². The standard InChI is InChI=1S/C23H22FN3O2S/c1-15-4-11-21(25-13-15)26-22(28)17-3-2-12-27(14-17)23(29)20-10-9-19(30-20)16-5-7-18(24)8-6-16/h4-11,13,17H,2-3,12,14H2,1H3,(H,25,26,28). The van der Waals surface area contributed by atoms with Crippen LogP contribution in [0.2, 0.25) is 0 Å². The number of carbonyl (C=O) groups is 2. The summed E-state index contributed by atoms with van der Waals surface area (Å²) in [5.41, 5.74) is 1.90. The largest absolute Gasteiger partial charge is 0.337 e. The van der Waals surface area contributed by atoms with Crippen molar-refractivity contribution >= 4 is 29.0 Å². The molecule has 0 bridgehead atoms. The van der Waals surface area contributed by atoms with Crippen molar-refractivity contribution in [1.29, 1.82) is 0 Å². The van der Waals surface area contributed by atoms with Gasteiger partial charge >= 0.3 is 0 Å². The highest BCUT2D eigenvalue weighted by atomic mass is 32.1. The summed E-state index contributed by atoms with van der Waals surface area (Å²) in [4.78, 5) is 33.1. The number of nitrogens with zero attached hydrogens (tertiary/aromatic N) is 2. The number of aryl methyl sites for hydroxylation is 1. The molecule has 30 heavy (non-hydrogen) atoms. The van der Waals surface area contributed by atoms with Crippen LogP contribution in [0.5, 0.6) is 0 Å². The van der Waals surface area contributed by atoms with E-state index in [4.69, 9.17) is 0 Å². The van der Waals surface area contributed by atoms with E-state index in [1.807, 2.05) is 19.1 Å². The smallest absolute Gasteiger partial charge is 0.263 e. The van der Waals surface area contributed by atoms with E-state index in [9.17, 15) is 14.0 Å². The predicted molar refractivity (Wildman–Crippen MR) is 116 cm³/mol. The van der Waals surface area contributed by atoms with Crippen LogP contribution in [-0.2, 0) is 4.79 Å². The van der Waals surface area contributed by atoms with Crippen molar-refractivity contribution in [2.45, 2.75) is 19.8 Å². The highest BCUT2D eigenvalue weighted by molar-refractivity contribution is 7.17. The van der Waals surface area contributed by atoms with E-state index in [-0.39, 0.29) is 23.5 Å². The van der Waals surface area contributed by atoms with Gasteiger partial charge in [0, 0.05) is 24.2 Å². The lowest BCUT2D eigenvalue weighted by Gasteiger charge is -2.31. The zero-order valence-electron chi connectivity index (χ0n) is 16.6. The van der Waals surface area contributed by atoms with Gasteiger partial charge in [0.15, 0.2) is 0 Å². The van der Waals surface area contributed by atoms with Crippen molar-refractivity contribution in [3.63, 3.8) is 0 Å². The van der Waals surface area contributed by atoms with Gasteiger partial charge in [0.2, 0.25) is 5.91 Å². The van der Waals surface area contributed by atoms with Gasteiger partial charge in [-0.05, 0) is 61.2 Å². The topological polar surface area (TPSA) is 62.3 Å². The molecular formula is C23H22FN3O2S. The van der Waals surface area contributed by atoms with E-state index in [2.05, 4.69) is 10.3 Å². The molecule has 5 nitrogen and oxygen atoms in total. The Labute approximate surface area is 178 Å². The molecule has 1 fully saturated rings. The fraction of sp³-hybridized carbons (Fsp3) is 0.261. The lowest BCUT2D eigenvalue weighted by Crippen LogP contribution is -2.43. The number of hydrogen-bond acceptors (Lipinski definition) is 4. The number of nitrogens with one attached hydrogen (secondary N) is 1. The third kappa shape index (κ3) is 4.57. The Balaban J connectivity index is 1.41. The number of aromatic nitrogens is 1. The summed E-state index contributed by atoms with van der Waals surface area (Å²) in [6.07, 6.45) is 3.23. The fourth-order valence-corrected chi connectivity index (χ4v) is 4.50. The molecular weight excluding hydrogens is 401 g/mol. The molecule has 3 aromatic rings. The van der Waals surface area contributed by atoms with Gasteiger partial charge in [-0.3, -0.25) is 9.59 Å². The number of benzene rings is 1. The van der Waals surface area contributed by atoms with Crippen molar-refractivity contribution in [3.05, 3.63) is 71.0 Å². The number of likely N-dealkylation sites (tertiary alicyclic amines) is 1. The van der Waals surface area contributed by atoms with Crippen molar-refractivity contribution in [3.8, 4) is 10.4 Å². The van der Waals surface area contributed by atoms with E-state index in [1.54, 1.807) is 35.4 Å². The molecule has 154 valence electrons. The molecule has 0 radical (unpaired) electrons. The molecule has 1 aromatic carbocycles. The summed E-state index contributed by atoms with van der Waals surface area (Å²) in [7, 11) is 0. The van der Waals surface area contributed by atoms with Gasteiger partial charge in [-0.15, -0.1) is 11.3 Å². The lowest BCUT2D eigenvalue weighted by molar-refractivity contribution is -0.121. The molecule has 2 aromatic heterocycles. The van der Waals surface area contributed by atoms with Crippen LogP contribution in [0, 0.1) is 18.7 Å². The number of rotatable bonds is 4. The average molecular weight is 424 g/mol. The van der Waals surface area contributed by atoms with Crippen molar-refractivity contribution in [2.75, 3.05) is 18.4 Å². The van der Waals surface area contributed by atoms with Crippen LogP contribution in [0.15, 0.2) is 54.7 Å². The van der Waals surface area contributed by atoms with Gasteiger partial charge in [-0.25, -0.2) is 9.37 Å². The van der Waals surface area contributed by atoms with E-state index < -0.39 is 0 Å². The first-order valence-corrected chi connectivity index (χ1v) is 10.7. The summed E-state index contributed by atoms with van der Waals surface area (Å²) in [5, 5.41) is 2.85. The first-order valence-electron chi connectivity index (χ1n) is 9.88. The Bertz CT molecular complexity index is 1050. The maximum absolute atomic E-state index is 13.1. The molecule has 1 aliphatic rings. The van der Waals surface area contributed by atoms with Crippen LogP contribution in [0.25, 0.3) is 10.4 Å². The number of hydrogen-bond donors (Lipinski definition) is 1. The van der Waals surface area contributed by atoms with Crippen LogP contribution in [-0.4, -0.2) is 34.8 Å². The van der Waals surface area contributed by atoms with Crippen LogP contribution < -0.4 is 5.32 Å². The minimum absolute atomic E-state index is 0.0701. The van der Waals surface area contributed by atoms with Gasteiger partial charge in [-0.2, -0.15) is 0 Å². The summed E-state index contributed by atoms with van der Waals surface area (Å²) in [5.74, 6) is -0.204. The molecule has 4 rings (SSSR count). The summed E-state index contributed by atoms with van der Waals surface area (Å²) >= 11 is 1.38. The van der Waals surface area contributed by atoms with Crippen molar-refractivity contribution in [2.24, 2.45) is 5.92 Å². The molecule has 1 aliphatic heterocycles. The van der Waals surface area contributed by atoms with Crippen LogP contribution in [0.3, 0.4) is 0 Å². The van der Waals surface area contributed by atoms with Crippen molar-refractivity contribution in [1.82, 2.24) is 9.88 Å². The van der Waals surface area contributed by atoms with Gasteiger partial charge in [0.05, 0.1) is 10.8 Å². The molecule has 0 aliphatic carbocycles. The Morgan fingerprint density at radius 3 is 2.67 bits per heavy atom. The summed E-state index contributed by atoms with van der Waals surface area (Å²) in [6.45, 7) is 2.96. The van der Waals surface area contributed by atoms with E-state index >= 15 is 0 Å². The molecule has 1 N–H and O–H groups in total. The molecule has 3 heterocycles. The van der Waals surface area contributed by atoms with E-state index in [0.717, 1.165) is 28.8 Å². The molecule has 0 spiro atoms. The number of halogens is 1. The quantitative estimate of drug-likeness (QED) is 0.659. The molecule has 1 saturated heterocycles. The molecule has 1 atom stereocenters. The normalized spacial score (nSPS) is 16.3. The Hall–Kier alpha value is -3.06. The van der Waals surface area contributed by atoms with E-state index in [1.165, 1.54) is 23.5 Å². The number of amides is 2. The van der Waals surface area contributed by atoms with Gasteiger partial charge in [-0.1, -0.05) is 18.2 Å². The molecule has 1 unspecified atom stereocenters. The minimum Gasteiger partial charge on any atom is -0.337 e. The van der Waals surface area contributed by atoms with Crippen molar-refractivity contribution < 1.29 is 14.0 Å². The first-order chi connectivity index (χ1) is 14.5. The highest BCUT2D eigenvalue weighted by Gasteiger charge is 2.29. The number of piperidine rings is 1. The Morgan fingerprint density at radius 2 is 1.93 bits per heavy atom. The Morgan fingerprint density at radius 1 is 1.13 bits per heavy atom. The molecule has 2 amide bonds. The maximum atomic E-state index is 13.1. The van der Waals surface area contributed by atoms with Crippen LogP contribution in [0.4, 0.5) is 10.2 Å². The maximum Gasteiger partial charge on any atom is 0.263 e. The second-order valence-electron chi connectivity index (χ2n) is 7.47. The third-order valence-electron chi connectivity index (χ3n) is 5.19. The number of thiophene rings is 1. The summed E-state index contributed by atoms with van der Waals surface area (Å²) in [6, 6.07) is 13.6. The predicted octanol–water partition coefficient (Wildman–Crippen LogP) is 4.75.